The first-order valence-corrected chi connectivity index (χ1v) is 9.03. The molecule has 0 radical (unpaired) electrons. The van der Waals surface area contributed by atoms with E-state index < -0.39 is 0 Å². The highest BCUT2D eigenvalue weighted by Crippen LogP contribution is 2.18. The quantitative estimate of drug-likeness (QED) is 0.659. The van der Waals surface area contributed by atoms with Crippen LogP contribution in [0.4, 0.5) is 5.69 Å². The molecule has 0 unspecified atom stereocenters. The second-order valence-corrected chi connectivity index (χ2v) is 6.26. The summed E-state index contributed by atoms with van der Waals surface area (Å²) in [5, 5.41) is 5.70. The molecule has 142 valence electrons. The number of carbonyl (C=O) groups is 2. The Kier molecular flexibility index (Phi) is 6.41. The number of rotatable bonds is 7. The maximum Gasteiger partial charge on any atom is 0.255 e. The molecular weight excluding hydrogens is 352 g/mol. The van der Waals surface area contributed by atoms with E-state index in [0.29, 0.717) is 29.1 Å². The number of nitrogens with one attached hydrogen (secondary N) is 2. The van der Waals surface area contributed by atoms with Gasteiger partial charge in [-0.25, -0.2) is 0 Å². The van der Waals surface area contributed by atoms with Gasteiger partial charge < -0.3 is 15.4 Å². The molecule has 0 atom stereocenters. The van der Waals surface area contributed by atoms with E-state index in [-0.39, 0.29) is 11.8 Å². The van der Waals surface area contributed by atoms with Crippen molar-refractivity contribution in [2.75, 3.05) is 19.0 Å². The van der Waals surface area contributed by atoms with Crippen molar-refractivity contribution >= 4 is 17.5 Å². The minimum atomic E-state index is -0.285. The van der Waals surface area contributed by atoms with Gasteiger partial charge in [0.05, 0.1) is 7.11 Å². The van der Waals surface area contributed by atoms with Crippen LogP contribution in [-0.4, -0.2) is 25.5 Å². The molecule has 0 spiro atoms. The van der Waals surface area contributed by atoms with E-state index in [1.54, 1.807) is 55.6 Å². The summed E-state index contributed by atoms with van der Waals surface area (Å²) in [7, 11) is 1.57. The van der Waals surface area contributed by atoms with E-state index in [0.717, 1.165) is 12.0 Å². The summed E-state index contributed by atoms with van der Waals surface area (Å²) in [6, 6.07) is 23.7. The summed E-state index contributed by atoms with van der Waals surface area (Å²) in [6.07, 6.45) is 0.753. The van der Waals surface area contributed by atoms with E-state index in [2.05, 4.69) is 10.6 Å². The number of hydrogen-bond donors (Lipinski definition) is 2. The Morgan fingerprint density at radius 1 is 0.821 bits per heavy atom. The smallest absolute Gasteiger partial charge is 0.255 e. The summed E-state index contributed by atoms with van der Waals surface area (Å²) in [6.45, 7) is 0.531. The maximum atomic E-state index is 12.5. The summed E-state index contributed by atoms with van der Waals surface area (Å²) in [5.74, 6) is 0.170. The molecule has 3 aromatic carbocycles. The summed E-state index contributed by atoms with van der Waals surface area (Å²) in [5.41, 5.74) is 2.65. The number of ether oxygens (including phenoxy) is 1. The van der Waals surface area contributed by atoms with Crippen LogP contribution in [0.5, 0.6) is 5.75 Å². The first kappa shape index (κ1) is 19.2. The number of benzene rings is 3. The fourth-order valence-corrected chi connectivity index (χ4v) is 2.77. The Labute approximate surface area is 164 Å². The molecule has 5 heteroatoms. The maximum absolute atomic E-state index is 12.5. The monoisotopic (exact) mass is 374 g/mol. The Hall–Kier alpha value is -3.60. The van der Waals surface area contributed by atoms with E-state index in [1.165, 1.54) is 0 Å². The molecule has 0 aliphatic carbocycles. The largest absolute Gasteiger partial charge is 0.497 e. The first-order chi connectivity index (χ1) is 13.7. The van der Waals surface area contributed by atoms with Crippen molar-refractivity contribution in [1.82, 2.24) is 5.32 Å². The Bertz CT molecular complexity index is 955. The minimum Gasteiger partial charge on any atom is -0.497 e. The predicted molar refractivity (Wildman–Crippen MR) is 110 cm³/mol. The van der Waals surface area contributed by atoms with Gasteiger partial charge in [-0.05, 0) is 42.3 Å². The molecule has 0 aliphatic heterocycles. The lowest BCUT2D eigenvalue weighted by molar-refractivity contribution is 0.0954. The molecule has 0 bridgehead atoms. The lowest BCUT2D eigenvalue weighted by Crippen LogP contribution is -2.26. The number of hydrogen-bond acceptors (Lipinski definition) is 3. The zero-order chi connectivity index (χ0) is 19.8. The second kappa shape index (κ2) is 9.37. The van der Waals surface area contributed by atoms with Crippen LogP contribution < -0.4 is 15.4 Å². The van der Waals surface area contributed by atoms with Gasteiger partial charge in [-0.1, -0.05) is 42.5 Å². The van der Waals surface area contributed by atoms with Crippen LogP contribution in [0.15, 0.2) is 78.9 Å². The highest BCUT2D eigenvalue weighted by atomic mass is 16.5. The fourth-order valence-electron chi connectivity index (χ4n) is 2.77. The normalized spacial score (nSPS) is 10.2. The fraction of sp³-hybridized carbons (Fsp3) is 0.130. The topological polar surface area (TPSA) is 67.4 Å². The molecule has 2 amide bonds. The summed E-state index contributed by atoms with van der Waals surface area (Å²) in [4.78, 5) is 24.9. The summed E-state index contributed by atoms with van der Waals surface area (Å²) < 4.78 is 5.16. The lowest BCUT2D eigenvalue weighted by atomic mass is 10.1. The molecule has 5 nitrogen and oxygen atoms in total. The highest BCUT2D eigenvalue weighted by Gasteiger charge is 2.11. The van der Waals surface area contributed by atoms with Gasteiger partial charge in [0, 0.05) is 29.4 Å². The number of carbonyl (C=O) groups excluding carboxylic acids is 2. The van der Waals surface area contributed by atoms with Gasteiger partial charge in [0.2, 0.25) is 0 Å². The molecular formula is C23H22N2O3. The summed E-state index contributed by atoms with van der Waals surface area (Å²) >= 11 is 0. The lowest BCUT2D eigenvalue weighted by Gasteiger charge is -2.09. The van der Waals surface area contributed by atoms with Crippen molar-refractivity contribution in [2.45, 2.75) is 6.42 Å². The average Bonchev–Trinajstić information content (AvgIpc) is 2.74. The third-order valence-corrected chi connectivity index (χ3v) is 4.26. The van der Waals surface area contributed by atoms with Crippen LogP contribution in [0.1, 0.15) is 26.3 Å². The van der Waals surface area contributed by atoms with Gasteiger partial charge in [-0.2, -0.15) is 0 Å². The van der Waals surface area contributed by atoms with Crippen LogP contribution in [0, 0.1) is 0 Å². The first-order valence-electron chi connectivity index (χ1n) is 9.03. The molecule has 3 aromatic rings. The third kappa shape index (κ3) is 5.20. The second-order valence-electron chi connectivity index (χ2n) is 6.26. The molecule has 0 saturated heterocycles. The average molecular weight is 374 g/mol. The highest BCUT2D eigenvalue weighted by molar-refractivity contribution is 6.06. The molecule has 0 saturated carbocycles. The van der Waals surface area contributed by atoms with Gasteiger partial charge >= 0.3 is 0 Å². The van der Waals surface area contributed by atoms with Crippen LogP contribution in [-0.2, 0) is 6.42 Å². The molecule has 0 aromatic heterocycles. The van der Waals surface area contributed by atoms with E-state index in [4.69, 9.17) is 4.74 Å². The zero-order valence-corrected chi connectivity index (χ0v) is 15.6. The third-order valence-electron chi connectivity index (χ3n) is 4.26. The van der Waals surface area contributed by atoms with E-state index in [1.807, 2.05) is 30.3 Å². The molecule has 28 heavy (non-hydrogen) atoms. The molecule has 0 fully saturated rings. The van der Waals surface area contributed by atoms with Gasteiger partial charge in [-0.3, -0.25) is 9.59 Å². The standard InChI is InChI=1S/C23H22N2O3/c1-28-21-12-6-11-20(16-21)25-23(27)19-10-5-9-18(15-19)22(26)24-14-13-17-7-3-2-4-8-17/h2-12,15-16H,13-14H2,1H3,(H,24,26)(H,25,27). The van der Waals surface area contributed by atoms with Crippen LogP contribution >= 0.6 is 0 Å². The molecule has 0 heterocycles. The minimum absolute atomic E-state index is 0.202. The molecule has 0 aliphatic rings. The molecule has 2 N–H and O–H groups in total. The van der Waals surface area contributed by atoms with Gasteiger partial charge in [-0.15, -0.1) is 0 Å². The number of amides is 2. The predicted octanol–water partition coefficient (Wildman–Crippen LogP) is 3.92. The van der Waals surface area contributed by atoms with Crippen molar-refractivity contribution < 1.29 is 14.3 Å². The number of methoxy groups -OCH3 is 1. The van der Waals surface area contributed by atoms with Gasteiger partial charge in [0.1, 0.15) is 5.75 Å². The van der Waals surface area contributed by atoms with Crippen LogP contribution in [0.3, 0.4) is 0 Å². The van der Waals surface area contributed by atoms with E-state index >= 15 is 0 Å². The zero-order valence-electron chi connectivity index (χ0n) is 15.6. The van der Waals surface area contributed by atoms with Crippen molar-refractivity contribution in [3.8, 4) is 5.75 Å². The SMILES string of the molecule is COc1cccc(NC(=O)c2cccc(C(=O)NCCc3ccccc3)c2)c1. The van der Waals surface area contributed by atoms with Crippen molar-refractivity contribution in [2.24, 2.45) is 0 Å². The molecule has 3 rings (SSSR count). The van der Waals surface area contributed by atoms with Crippen LogP contribution in [0.2, 0.25) is 0 Å². The Morgan fingerprint density at radius 3 is 2.29 bits per heavy atom. The van der Waals surface area contributed by atoms with Gasteiger partial charge in [0.25, 0.3) is 11.8 Å². The Balaban J connectivity index is 1.60. The van der Waals surface area contributed by atoms with E-state index in [9.17, 15) is 9.59 Å². The Morgan fingerprint density at radius 2 is 1.54 bits per heavy atom. The number of anilines is 1. The van der Waals surface area contributed by atoms with Gasteiger partial charge in [0.15, 0.2) is 0 Å². The van der Waals surface area contributed by atoms with Crippen molar-refractivity contribution in [3.05, 3.63) is 95.6 Å². The van der Waals surface area contributed by atoms with Crippen molar-refractivity contribution in [1.29, 1.82) is 0 Å². The van der Waals surface area contributed by atoms with Crippen LogP contribution in [0.25, 0.3) is 0 Å². The van der Waals surface area contributed by atoms with Crippen molar-refractivity contribution in [3.63, 3.8) is 0 Å².